The fourth-order valence-electron chi connectivity index (χ4n) is 3.60. The fourth-order valence-corrected chi connectivity index (χ4v) is 5.75. The van der Waals surface area contributed by atoms with Crippen LogP contribution in [0.2, 0.25) is 0 Å². The number of methoxy groups -OCH3 is 1. The number of rotatable bonds is 3. The monoisotopic (exact) mass is 310 g/mol. The van der Waals surface area contributed by atoms with Crippen molar-refractivity contribution in [2.75, 3.05) is 33.8 Å². The van der Waals surface area contributed by atoms with Crippen molar-refractivity contribution < 1.29 is 13.2 Å². The highest BCUT2D eigenvalue weighted by Crippen LogP contribution is 2.41. The zero-order valence-electron chi connectivity index (χ0n) is 12.5. The highest BCUT2D eigenvalue weighted by molar-refractivity contribution is 7.90. The maximum absolute atomic E-state index is 12.7. The number of sulfonamides is 1. The molecule has 0 saturated carbocycles. The molecule has 2 heterocycles. The van der Waals surface area contributed by atoms with E-state index in [0.717, 1.165) is 13.1 Å². The van der Waals surface area contributed by atoms with E-state index in [2.05, 4.69) is 17.0 Å². The molecule has 2 saturated heterocycles. The van der Waals surface area contributed by atoms with Gasteiger partial charge in [0.05, 0.1) is 6.10 Å². The summed E-state index contributed by atoms with van der Waals surface area (Å²) < 4.78 is 31.6. The van der Waals surface area contributed by atoms with E-state index in [1.165, 1.54) is 9.87 Å². The Morgan fingerprint density at radius 2 is 2.05 bits per heavy atom. The number of likely N-dealkylation sites (tertiary alicyclic amines) is 1. The molecule has 0 unspecified atom stereocenters. The summed E-state index contributed by atoms with van der Waals surface area (Å²) >= 11 is 0. The summed E-state index contributed by atoms with van der Waals surface area (Å²) in [6.07, 6.45) is 0.402. The van der Waals surface area contributed by atoms with E-state index in [1.54, 1.807) is 14.2 Å². The molecule has 5 nitrogen and oxygen atoms in total. The molecule has 0 amide bonds. The van der Waals surface area contributed by atoms with Crippen LogP contribution in [0, 0.1) is 0 Å². The maximum Gasteiger partial charge on any atom is 0.223 e. The second-order valence-electron chi connectivity index (χ2n) is 6.02. The first kappa shape index (κ1) is 15.0. The molecule has 0 aliphatic carbocycles. The van der Waals surface area contributed by atoms with Crippen LogP contribution in [-0.2, 0) is 21.3 Å². The van der Waals surface area contributed by atoms with Crippen molar-refractivity contribution >= 4 is 10.0 Å². The van der Waals surface area contributed by atoms with Gasteiger partial charge < -0.3 is 4.74 Å². The summed E-state index contributed by atoms with van der Waals surface area (Å²) in [5.74, 6) is 0. The van der Waals surface area contributed by atoms with Crippen LogP contribution in [0.1, 0.15) is 12.0 Å². The van der Waals surface area contributed by atoms with Gasteiger partial charge in [-0.1, -0.05) is 30.3 Å². The Bertz CT molecular complexity index is 605. The Labute approximate surface area is 126 Å². The summed E-state index contributed by atoms with van der Waals surface area (Å²) in [6.45, 7) is 2.59. The molecule has 0 N–H and O–H groups in total. The van der Waals surface area contributed by atoms with Crippen molar-refractivity contribution in [3.63, 3.8) is 0 Å². The van der Waals surface area contributed by atoms with Crippen LogP contribution < -0.4 is 0 Å². The summed E-state index contributed by atoms with van der Waals surface area (Å²) in [7, 11) is -0.0240. The van der Waals surface area contributed by atoms with Gasteiger partial charge in [0.15, 0.2) is 0 Å². The minimum absolute atomic E-state index is 0.242. The number of hydrogen-bond donors (Lipinski definition) is 0. The van der Waals surface area contributed by atoms with Crippen LogP contribution in [0.25, 0.3) is 0 Å². The van der Waals surface area contributed by atoms with E-state index in [0.29, 0.717) is 19.5 Å². The third kappa shape index (κ3) is 2.30. The van der Waals surface area contributed by atoms with Gasteiger partial charge in [-0.3, -0.25) is 4.90 Å². The standard InChI is InChI=1S/C15H22N2O3S/c1-16-11-14(20-2)15(21(16,18)19)8-9-17(12-15)10-13-6-4-3-5-7-13/h3-7,14H,8-12H2,1-2H3/t14-,15+/m0/s1. The molecule has 1 spiro atoms. The molecule has 1 aromatic rings. The number of nitrogens with zero attached hydrogens (tertiary/aromatic N) is 2. The van der Waals surface area contributed by atoms with Crippen LogP contribution in [0.5, 0.6) is 0 Å². The number of ether oxygens (including phenoxy) is 1. The normalized spacial score (nSPS) is 33.0. The van der Waals surface area contributed by atoms with Crippen molar-refractivity contribution in [3.8, 4) is 0 Å². The predicted molar refractivity (Wildman–Crippen MR) is 81.4 cm³/mol. The lowest BCUT2D eigenvalue weighted by molar-refractivity contribution is 0.0720. The summed E-state index contributed by atoms with van der Waals surface area (Å²) in [5, 5.41) is 0. The molecule has 0 aromatic heterocycles. The van der Waals surface area contributed by atoms with Gasteiger partial charge in [-0.2, -0.15) is 0 Å². The second kappa shape index (κ2) is 5.35. The first-order chi connectivity index (χ1) is 9.99. The van der Waals surface area contributed by atoms with Crippen molar-refractivity contribution in [1.29, 1.82) is 0 Å². The van der Waals surface area contributed by atoms with Crippen LogP contribution in [0.3, 0.4) is 0 Å². The van der Waals surface area contributed by atoms with Crippen molar-refractivity contribution in [3.05, 3.63) is 35.9 Å². The van der Waals surface area contributed by atoms with Gasteiger partial charge in [0.2, 0.25) is 10.0 Å². The summed E-state index contributed by atoms with van der Waals surface area (Å²) in [6, 6.07) is 10.2. The molecule has 21 heavy (non-hydrogen) atoms. The fraction of sp³-hybridized carbons (Fsp3) is 0.600. The van der Waals surface area contributed by atoms with Crippen molar-refractivity contribution in [2.24, 2.45) is 0 Å². The van der Waals surface area contributed by atoms with E-state index in [4.69, 9.17) is 4.74 Å². The highest BCUT2D eigenvalue weighted by Gasteiger charge is 2.61. The molecule has 0 bridgehead atoms. The Hall–Kier alpha value is -0.950. The van der Waals surface area contributed by atoms with E-state index in [9.17, 15) is 8.42 Å². The molecule has 2 atom stereocenters. The largest absolute Gasteiger partial charge is 0.378 e. The van der Waals surface area contributed by atoms with Crippen LogP contribution in [0.4, 0.5) is 0 Å². The molecule has 2 fully saturated rings. The van der Waals surface area contributed by atoms with E-state index in [-0.39, 0.29) is 6.10 Å². The van der Waals surface area contributed by atoms with Gasteiger partial charge in [-0.15, -0.1) is 0 Å². The lowest BCUT2D eigenvalue weighted by Gasteiger charge is -2.28. The molecule has 2 aliphatic heterocycles. The molecular formula is C15H22N2O3S. The van der Waals surface area contributed by atoms with Gasteiger partial charge in [0.25, 0.3) is 0 Å². The zero-order chi connectivity index (χ0) is 15.1. The minimum Gasteiger partial charge on any atom is -0.378 e. The van der Waals surface area contributed by atoms with Crippen LogP contribution >= 0.6 is 0 Å². The lowest BCUT2D eigenvalue weighted by atomic mass is 10.0. The highest BCUT2D eigenvalue weighted by atomic mass is 32.2. The third-order valence-electron chi connectivity index (χ3n) is 4.81. The van der Waals surface area contributed by atoms with Crippen LogP contribution in [-0.4, -0.2) is 62.3 Å². The molecule has 1 aromatic carbocycles. The topological polar surface area (TPSA) is 49.9 Å². The predicted octanol–water partition coefficient (Wildman–Crippen LogP) is 0.921. The van der Waals surface area contributed by atoms with Crippen molar-refractivity contribution in [1.82, 2.24) is 9.21 Å². The first-order valence-corrected chi connectivity index (χ1v) is 8.68. The molecule has 6 heteroatoms. The average molecular weight is 310 g/mol. The average Bonchev–Trinajstić information content (AvgIpc) is 2.97. The van der Waals surface area contributed by atoms with Gasteiger partial charge >= 0.3 is 0 Å². The molecule has 2 aliphatic rings. The Kier molecular flexibility index (Phi) is 3.81. The lowest BCUT2D eigenvalue weighted by Crippen LogP contribution is -2.48. The first-order valence-electron chi connectivity index (χ1n) is 7.24. The zero-order valence-corrected chi connectivity index (χ0v) is 13.3. The maximum atomic E-state index is 12.7. The van der Waals surface area contributed by atoms with Gasteiger partial charge in [-0.25, -0.2) is 12.7 Å². The molecule has 0 radical (unpaired) electrons. The van der Waals surface area contributed by atoms with Gasteiger partial charge in [-0.05, 0) is 12.0 Å². The molecule has 3 rings (SSSR count). The molecular weight excluding hydrogens is 288 g/mol. The van der Waals surface area contributed by atoms with E-state index < -0.39 is 14.8 Å². The van der Waals surface area contributed by atoms with E-state index in [1.807, 2.05) is 18.2 Å². The number of hydrogen-bond acceptors (Lipinski definition) is 4. The quantitative estimate of drug-likeness (QED) is 0.833. The number of benzene rings is 1. The molecule has 116 valence electrons. The van der Waals surface area contributed by atoms with Crippen LogP contribution in [0.15, 0.2) is 30.3 Å². The minimum atomic E-state index is -3.28. The van der Waals surface area contributed by atoms with Crippen molar-refractivity contribution in [2.45, 2.75) is 23.8 Å². The SMILES string of the molecule is CO[C@H]1CN(C)S(=O)(=O)[C@@]12CCN(Cc1ccccc1)C2. The number of likely N-dealkylation sites (N-methyl/N-ethyl adjacent to an activating group) is 1. The Balaban J connectivity index is 1.81. The summed E-state index contributed by atoms with van der Waals surface area (Å²) in [5.41, 5.74) is 1.22. The Morgan fingerprint density at radius 3 is 2.71 bits per heavy atom. The van der Waals surface area contributed by atoms with Gasteiger partial charge in [0.1, 0.15) is 4.75 Å². The van der Waals surface area contributed by atoms with E-state index >= 15 is 0 Å². The smallest absolute Gasteiger partial charge is 0.223 e. The van der Waals surface area contributed by atoms with Gasteiger partial charge in [0, 0.05) is 40.3 Å². The Morgan fingerprint density at radius 1 is 1.33 bits per heavy atom. The summed E-state index contributed by atoms with van der Waals surface area (Å²) in [4.78, 5) is 2.22. The second-order valence-corrected chi connectivity index (χ2v) is 8.41. The third-order valence-corrected chi connectivity index (χ3v) is 7.40.